The van der Waals surface area contributed by atoms with E-state index in [-0.39, 0.29) is 16.7 Å². The third kappa shape index (κ3) is 1.85. The van der Waals surface area contributed by atoms with Crippen molar-refractivity contribution in [2.24, 2.45) is 0 Å². The molecule has 4 heteroatoms. The van der Waals surface area contributed by atoms with E-state index in [2.05, 4.69) is 0 Å². The first-order valence-electron chi connectivity index (χ1n) is 7.03. The Morgan fingerprint density at radius 1 is 0.870 bits per heavy atom. The van der Waals surface area contributed by atoms with Crippen molar-refractivity contribution in [2.45, 2.75) is 0 Å². The number of hydrogen-bond acceptors (Lipinski definition) is 3. The predicted molar refractivity (Wildman–Crippen MR) is 82.4 cm³/mol. The molecule has 0 spiro atoms. The van der Waals surface area contributed by atoms with Crippen molar-refractivity contribution in [3.8, 4) is 0 Å². The van der Waals surface area contributed by atoms with Gasteiger partial charge >= 0.3 is 0 Å². The number of carbonyl (C=O) groups excluding carboxylic acids is 3. The molecule has 3 aromatic carbocycles. The quantitative estimate of drug-likeness (QED) is 0.537. The van der Waals surface area contributed by atoms with Crippen LogP contribution in [0.2, 0.25) is 0 Å². The summed E-state index contributed by atoms with van der Waals surface area (Å²) < 4.78 is 13.4. The molecule has 3 aromatic rings. The maximum absolute atomic E-state index is 13.4. The number of hydrogen-bond donors (Lipinski definition) is 0. The Morgan fingerprint density at radius 3 is 2.43 bits per heavy atom. The van der Waals surface area contributed by atoms with Crippen molar-refractivity contribution in [2.75, 3.05) is 0 Å². The normalized spacial score (nSPS) is 12.9. The summed E-state index contributed by atoms with van der Waals surface area (Å²) in [7, 11) is 0. The molecule has 1 aliphatic carbocycles. The van der Waals surface area contributed by atoms with Gasteiger partial charge in [-0.1, -0.05) is 36.4 Å². The summed E-state index contributed by atoms with van der Waals surface area (Å²) in [6, 6.07) is 13.5. The summed E-state index contributed by atoms with van der Waals surface area (Å²) in [5, 5.41) is 1.23. The molecule has 0 unspecified atom stereocenters. The Hall–Kier alpha value is -3.14. The molecule has 0 amide bonds. The average molecular weight is 304 g/mol. The van der Waals surface area contributed by atoms with Gasteiger partial charge in [0, 0.05) is 27.6 Å². The van der Waals surface area contributed by atoms with E-state index in [1.165, 1.54) is 24.3 Å². The minimum Gasteiger partial charge on any atom is -0.289 e. The molecule has 3 nitrogen and oxygen atoms in total. The van der Waals surface area contributed by atoms with Crippen LogP contribution in [-0.2, 0) is 0 Å². The molecule has 0 atom stereocenters. The van der Waals surface area contributed by atoms with Crippen LogP contribution in [0.25, 0.3) is 10.8 Å². The second-order valence-electron chi connectivity index (χ2n) is 5.39. The predicted octanol–water partition coefficient (Wildman–Crippen LogP) is 3.59. The van der Waals surface area contributed by atoms with Gasteiger partial charge in [0.2, 0.25) is 11.6 Å². The van der Waals surface area contributed by atoms with E-state index in [0.717, 1.165) is 11.5 Å². The third-order valence-corrected chi connectivity index (χ3v) is 4.05. The Bertz CT molecular complexity index is 1030. The summed E-state index contributed by atoms with van der Waals surface area (Å²) in [6.07, 6.45) is 0. The minimum absolute atomic E-state index is 0.123. The maximum Gasteiger partial charge on any atom is 0.234 e. The molecule has 0 aliphatic heterocycles. The summed E-state index contributed by atoms with van der Waals surface area (Å²) in [5.41, 5.74) is 0.713. The van der Waals surface area contributed by atoms with E-state index in [1.807, 2.05) is 0 Å². The zero-order valence-electron chi connectivity index (χ0n) is 11.8. The van der Waals surface area contributed by atoms with E-state index in [1.54, 1.807) is 24.3 Å². The monoisotopic (exact) mass is 304 g/mol. The van der Waals surface area contributed by atoms with Gasteiger partial charge in [-0.3, -0.25) is 14.4 Å². The molecule has 0 radical (unpaired) electrons. The summed E-state index contributed by atoms with van der Waals surface area (Å²) in [4.78, 5) is 37.1. The van der Waals surface area contributed by atoms with E-state index >= 15 is 0 Å². The van der Waals surface area contributed by atoms with Crippen molar-refractivity contribution >= 4 is 28.1 Å². The number of Topliss-reactive ketones (excluding diaryl/α,β-unsaturated/α-hetero) is 2. The molecule has 23 heavy (non-hydrogen) atoms. The second-order valence-corrected chi connectivity index (χ2v) is 5.39. The van der Waals surface area contributed by atoms with Crippen LogP contribution in [0.3, 0.4) is 0 Å². The Morgan fingerprint density at radius 2 is 1.65 bits per heavy atom. The largest absolute Gasteiger partial charge is 0.289 e. The van der Waals surface area contributed by atoms with Crippen molar-refractivity contribution in [1.29, 1.82) is 0 Å². The van der Waals surface area contributed by atoms with Gasteiger partial charge in [0.15, 0.2) is 5.78 Å². The lowest BCUT2D eigenvalue weighted by atomic mass is 9.94. The summed E-state index contributed by atoms with van der Waals surface area (Å²) in [6.45, 7) is 0. The lowest BCUT2D eigenvalue weighted by molar-refractivity contribution is 0.0824. The highest BCUT2D eigenvalue weighted by Gasteiger charge is 2.34. The first-order chi connectivity index (χ1) is 11.1. The highest BCUT2D eigenvalue weighted by molar-refractivity contribution is 6.58. The Balaban J connectivity index is 2.00. The summed E-state index contributed by atoms with van der Waals surface area (Å²) >= 11 is 0. The molecular weight excluding hydrogens is 295 g/mol. The molecule has 110 valence electrons. The van der Waals surface area contributed by atoms with Gasteiger partial charge in [-0.05, 0) is 23.6 Å². The van der Waals surface area contributed by atoms with E-state index in [4.69, 9.17) is 0 Å². The van der Waals surface area contributed by atoms with Crippen LogP contribution in [0.5, 0.6) is 0 Å². The fraction of sp³-hybridized carbons (Fsp3) is 0. The SMILES string of the molecule is O=C(c1cccc(F)c1)c1ccc2cccc3c2c1C(=O)C3=O. The van der Waals surface area contributed by atoms with E-state index in [0.29, 0.717) is 10.9 Å². The average Bonchev–Trinajstić information content (AvgIpc) is 2.82. The fourth-order valence-corrected chi connectivity index (χ4v) is 3.01. The van der Waals surface area contributed by atoms with Gasteiger partial charge in [-0.25, -0.2) is 4.39 Å². The molecule has 0 heterocycles. The molecule has 0 bridgehead atoms. The molecule has 0 saturated heterocycles. The first kappa shape index (κ1) is 13.5. The molecule has 1 aliphatic rings. The number of carbonyl (C=O) groups is 3. The fourth-order valence-electron chi connectivity index (χ4n) is 3.01. The van der Waals surface area contributed by atoms with Crippen LogP contribution < -0.4 is 0 Å². The lowest BCUT2D eigenvalue weighted by Gasteiger charge is -2.07. The number of benzene rings is 3. The topological polar surface area (TPSA) is 51.2 Å². The number of rotatable bonds is 2. The summed E-state index contributed by atoms with van der Waals surface area (Å²) in [5.74, 6) is -2.29. The van der Waals surface area contributed by atoms with Crippen LogP contribution in [0.1, 0.15) is 36.6 Å². The second kappa shape index (κ2) is 4.68. The van der Waals surface area contributed by atoms with Crippen LogP contribution in [-0.4, -0.2) is 17.3 Å². The van der Waals surface area contributed by atoms with Crippen molar-refractivity contribution < 1.29 is 18.8 Å². The lowest BCUT2D eigenvalue weighted by Crippen LogP contribution is -2.12. The smallest absolute Gasteiger partial charge is 0.234 e. The van der Waals surface area contributed by atoms with Crippen molar-refractivity contribution in [3.05, 3.63) is 82.7 Å². The minimum atomic E-state index is -0.684. The Labute approximate surface area is 130 Å². The van der Waals surface area contributed by atoms with Gasteiger partial charge in [0.25, 0.3) is 0 Å². The third-order valence-electron chi connectivity index (χ3n) is 4.05. The van der Waals surface area contributed by atoms with Crippen LogP contribution in [0, 0.1) is 5.82 Å². The zero-order valence-corrected chi connectivity index (χ0v) is 11.8. The first-order valence-corrected chi connectivity index (χ1v) is 7.03. The molecule has 0 N–H and O–H groups in total. The van der Waals surface area contributed by atoms with Gasteiger partial charge in [0.05, 0.1) is 0 Å². The van der Waals surface area contributed by atoms with Gasteiger partial charge in [0.1, 0.15) is 5.82 Å². The van der Waals surface area contributed by atoms with Gasteiger partial charge < -0.3 is 0 Å². The molecule has 0 fully saturated rings. The molecule has 0 saturated carbocycles. The number of ketones is 3. The molecule has 0 aromatic heterocycles. The van der Waals surface area contributed by atoms with Gasteiger partial charge in [-0.2, -0.15) is 0 Å². The van der Waals surface area contributed by atoms with E-state index < -0.39 is 23.2 Å². The highest BCUT2D eigenvalue weighted by Crippen LogP contribution is 2.34. The molecule has 4 rings (SSSR count). The molecular formula is C19H9FO3. The Kier molecular flexibility index (Phi) is 2.75. The number of halogens is 1. The highest BCUT2D eigenvalue weighted by atomic mass is 19.1. The van der Waals surface area contributed by atoms with E-state index in [9.17, 15) is 18.8 Å². The van der Waals surface area contributed by atoms with Crippen molar-refractivity contribution in [3.63, 3.8) is 0 Å². The van der Waals surface area contributed by atoms with Crippen molar-refractivity contribution in [1.82, 2.24) is 0 Å². The standard InChI is InChI=1S/C19H9FO3/c20-12-5-1-4-11(9-12)17(21)14-8-7-10-3-2-6-13-15(10)16(14)19(23)18(13)22/h1-9H. The van der Waals surface area contributed by atoms with Crippen LogP contribution in [0.4, 0.5) is 4.39 Å². The van der Waals surface area contributed by atoms with Gasteiger partial charge in [-0.15, -0.1) is 0 Å². The zero-order chi connectivity index (χ0) is 16.1. The van der Waals surface area contributed by atoms with Crippen LogP contribution >= 0.6 is 0 Å². The van der Waals surface area contributed by atoms with Crippen LogP contribution in [0.15, 0.2) is 54.6 Å². The maximum atomic E-state index is 13.4.